The van der Waals surface area contributed by atoms with E-state index in [1.807, 2.05) is 0 Å². The smallest absolute Gasteiger partial charge is 0.218 e. The molecule has 13 heavy (non-hydrogen) atoms. The third-order valence-electron chi connectivity index (χ3n) is 1.98. The summed E-state index contributed by atoms with van der Waals surface area (Å²) in [6.45, 7) is 1.98. The van der Waals surface area contributed by atoms with E-state index in [1.165, 1.54) is 6.33 Å². The topological polar surface area (TPSA) is 59.1 Å². The molecule has 0 radical (unpaired) electrons. The second kappa shape index (κ2) is 3.57. The minimum Gasteiger partial charge on any atom is -0.481 e. The molecule has 2 N–H and O–H groups in total. The van der Waals surface area contributed by atoms with E-state index in [1.54, 1.807) is 13.2 Å². The number of aromatic nitrogens is 2. The van der Waals surface area contributed by atoms with Crippen LogP contribution in [0.2, 0.25) is 0 Å². The molecule has 0 saturated carbocycles. The molecular weight excluding hydrogens is 168 g/mol. The summed E-state index contributed by atoms with van der Waals surface area (Å²) in [6, 6.07) is 2.28. The fourth-order valence-electron chi connectivity index (χ4n) is 1.13. The Morgan fingerprint density at radius 2 is 2.38 bits per heavy atom. The fraction of sp³-hybridized carbons (Fsp3) is 0.500. The second-order valence-corrected chi connectivity index (χ2v) is 2.95. The summed E-state index contributed by atoms with van der Waals surface area (Å²) < 4.78 is 4.98. The number of anilines is 1. The molecular formula is C8H12N4O. The van der Waals surface area contributed by atoms with Crippen LogP contribution in [-0.2, 0) is 0 Å². The maximum absolute atomic E-state index is 4.98. The van der Waals surface area contributed by atoms with Crippen molar-refractivity contribution in [2.45, 2.75) is 6.04 Å². The van der Waals surface area contributed by atoms with Crippen LogP contribution in [0.25, 0.3) is 0 Å². The van der Waals surface area contributed by atoms with Gasteiger partial charge in [0, 0.05) is 19.2 Å². The molecule has 1 aliphatic heterocycles. The molecule has 2 rings (SSSR count). The number of methoxy groups -OCH3 is 1. The summed E-state index contributed by atoms with van der Waals surface area (Å²) in [6.07, 6.45) is 1.49. The maximum atomic E-state index is 4.98. The van der Waals surface area contributed by atoms with Crippen molar-refractivity contribution in [1.82, 2.24) is 15.3 Å². The standard InChI is InChI=1S/C8H12N4O/c1-13-8-2-7(10-5-11-8)12-6-3-9-4-6/h2,5-6,9H,3-4H2,1H3,(H,10,11,12). The Labute approximate surface area is 76.5 Å². The molecule has 0 atom stereocenters. The van der Waals surface area contributed by atoms with Gasteiger partial charge in [0.2, 0.25) is 5.88 Å². The highest BCUT2D eigenvalue weighted by molar-refractivity contribution is 5.38. The molecule has 1 fully saturated rings. The predicted octanol–water partition coefficient (Wildman–Crippen LogP) is -0.131. The van der Waals surface area contributed by atoms with Crippen LogP contribution in [0, 0.1) is 0 Å². The first kappa shape index (κ1) is 8.25. The van der Waals surface area contributed by atoms with Gasteiger partial charge in [-0.05, 0) is 0 Å². The van der Waals surface area contributed by atoms with Gasteiger partial charge in [0.1, 0.15) is 12.1 Å². The number of nitrogens with one attached hydrogen (secondary N) is 2. The first-order valence-electron chi connectivity index (χ1n) is 4.22. The molecule has 2 heterocycles. The van der Waals surface area contributed by atoms with Crippen molar-refractivity contribution in [3.8, 4) is 5.88 Å². The average Bonchev–Trinajstić information content (AvgIpc) is 2.12. The van der Waals surface area contributed by atoms with E-state index in [2.05, 4.69) is 20.6 Å². The van der Waals surface area contributed by atoms with E-state index >= 15 is 0 Å². The van der Waals surface area contributed by atoms with Gasteiger partial charge in [-0.2, -0.15) is 0 Å². The number of rotatable bonds is 3. The normalized spacial score (nSPS) is 16.4. The van der Waals surface area contributed by atoms with Gasteiger partial charge in [-0.3, -0.25) is 0 Å². The van der Waals surface area contributed by atoms with E-state index < -0.39 is 0 Å². The Morgan fingerprint density at radius 3 is 3.00 bits per heavy atom. The largest absolute Gasteiger partial charge is 0.481 e. The highest BCUT2D eigenvalue weighted by atomic mass is 16.5. The fourth-order valence-corrected chi connectivity index (χ4v) is 1.13. The van der Waals surface area contributed by atoms with Crippen LogP contribution in [0.15, 0.2) is 12.4 Å². The zero-order valence-corrected chi connectivity index (χ0v) is 7.45. The molecule has 1 aliphatic rings. The van der Waals surface area contributed by atoms with E-state index in [0.29, 0.717) is 11.9 Å². The zero-order valence-electron chi connectivity index (χ0n) is 7.45. The Hall–Kier alpha value is -1.36. The molecule has 70 valence electrons. The highest BCUT2D eigenvalue weighted by Crippen LogP contribution is 2.11. The van der Waals surface area contributed by atoms with Gasteiger partial charge >= 0.3 is 0 Å². The first-order valence-corrected chi connectivity index (χ1v) is 4.22. The van der Waals surface area contributed by atoms with Crippen molar-refractivity contribution in [3.05, 3.63) is 12.4 Å². The van der Waals surface area contributed by atoms with Crippen molar-refractivity contribution in [3.63, 3.8) is 0 Å². The Morgan fingerprint density at radius 1 is 1.54 bits per heavy atom. The number of ether oxygens (including phenoxy) is 1. The van der Waals surface area contributed by atoms with Crippen LogP contribution in [0.4, 0.5) is 5.82 Å². The lowest BCUT2D eigenvalue weighted by atomic mass is 10.2. The summed E-state index contributed by atoms with van der Waals surface area (Å²) in [4.78, 5) is 8.00. The second-order valence-electron chi connectivity index (χ2n) is 2.95. The molecule has 1 aromatic rings. The Balaban J connectivity index is 2.01. The lowest BCUT2D eigenvalue weighted by Crippen LogP contribution is -2.51. The van der Waals surface area contributed by atoms with Gasteiger partial charge < -0.3 is 15.4 Å². The van der Waals surface area contributed by atoms with Gasteiger partial charge in [0.25, 0.3) is 0 Å². The van der Waals surface area contributed by atoms with Crippen LogP contribution in [0.3, 0.4) is 0 Å². The van der Waals surface area contributed by atoms with E-state index in [-0.39, 0.29) is 0 Å². The third-order valence-corrected chi connectivity index (χ3v) is 1.98. The number of hydrogen-bond acceptors (Lipinski definition) is 5. The van der Waals surface area contributed by atoms with Gasteiger partial charge in [-0.15, -0.1) is 0 Å². The predicted molar refractivity (Wildman–Crippen MR) is 48.9 cm³/mol. The molecule has 5 heteroatoms. The van der Waals surface area contributed by atoms with Crippen molar-refractivity contribution in [1.29, 1.82) is 0 Å². The molecule has 0 amide bonds. The highest BCUT2D eigenvalue weighted by Gasteiger charge is 2.16. The summed E-state index contributed by atoms with van der Waals surface area (Å²) in [5.41, 5.74) is 0. The van der Waals surface area contributed by atoms with Crippen molar-refractivity contribution in [2.24, 2.45) is 0 Å². The monoisotopic (exact) mass is 180 g/mol. The number of nitrogens with zero attached hydrogens (tertiary/aromatic N) is 2. The molecule has 1 aromatic heterocycles. The molecule has 0 unspecified atom stereocenters. The molecule has 0 bridgehead atoms. The minimum absolute atomic E-state index is 0.486. The molecule has 0 spiro atoms. The van der Waals surface area contributed by atoms with Crippen LogP contribution in [-0.4, -0.2) is 36.2 Å². The van der Waals surface area contributed by atoms with Crippen molar-refractivity contribution >= 4 is 5.82 Å². The van der Waals surface area contributed by atoms with Crippen LogP contribution < -0.4 is 15.4 Å². The summed E-state index contributed by atoms with van der Waals surface area (Å²) in [5.74, 6) is 1.41. The third kappa shape index (κ3) is 1.86. The average molecular weight is 180 g/mol. The van der Waals surface area contributed by atoms with Crippen molar-refractivity contribution in [2.75, 3.05) is 25.5 Å². The van der Waals surface area contributed by atoms with Crippen LogP contribution in [0.5, 0.6) is 5.88 Å². The van der Waals surface area contributed by atoms with Gasteiger partial charge in [0.05, 0.1) is 13.2 Å². The molecule has 0 aliphatic carbocycles. The Kier molecular flexibility index (Phi) is 2.27. The van der Waals surface area contributed by atoms with E-state index in [0.717, 1.165) is 18.9 Å². The molecule has 1 saturated heterocycles. The van der Waals surface area contributed by atoms with Gasteiger partial charge in [-0.25, -0.2) is 9.97 Å². The SMILES string of the molecule is COc1cc(NC2CNC2)ncn1. The first-order chi connectivity index (χ1) is 6.38. The summed E-state index contributed by atoms with van der Waals surface area (Å²) in [5, 5.41) is 6.43. The quantitative estimate of drug-likeness (QED) is 0.678. The van der Waals surface area contributed by atoms with E-state index in [4.69, 9.17) is 4.74 Å². The van der Waals surface area contributed by atoms with Crippen molar-refractivity contribution < 1.29 is 4.74 Å². The number of hydrogen-bond donors (Lipinski definition) is 2. The van der Waals surface area contributed by atoms with Gasteiger partial charge in [-0.1, -0.05) is 0 Å². The van der Waals surface area contributed by atoms with Crippen LogP contribution in [0.1, 0.15) is 0 Å². The Bertz CT molecular complexity index is 287. The molecule has 5 nitrogen and oxygen atoms in total. The van der Waals surface area contributed by atoms with E-state index in [9.17, 15) is 0 Å². The summed E-state index contributed by atoms with van der Waals surface area (Å²) >= 11 is 0. The summed E-state index contributed by atoms with van der Waals surface area (Å²) in [7, 11) is 1.59. The van der Waals surface area contributed by atoms with Crippen LogP contribution >= 0.6 is 0 Å². The molecule has 0 aromatic carbocycles. The lowest BCUT2D eigenvalue weighted by molar-refractivity contribution is 0.396. The minimum atomic E-state index is 0.486. The lowest BCUT2D eigenvalue weighted by Gasteiger charge is -2.28. The van der Waals surface area contributed by atoms with Gasteiger partial charge in [0.15, 0.2) is 0 Å². The zero-order chi connectivity index (χ0) is 9.10. The maximum Gasteiger partial charge on any atom is 0.218 e.